The van der Waals surface area contributed by atoms with E-state index in [0.717, 1.165) is 0 Å². The van der Waals surface area contributed by atoms with E-state index >= 15 is 0 Å². The van der Waals surface area contributed by atoms with Crippen LogP contribution in [0.25, 0.3) is 0 Å². The van der Waals surface area contributed by atoms with Gasteiger partial charge in [-0.05, 0) is 32.0 Å². The lowest BCUT2D eigenvalue weighted by Gasteiger charge is -2.35. The third kappa shape index (κ3) is 2.82. The van der Waals surface area contributed by atoms with Gasteiger partial charge in [0.2, 0.25) is 0 Å². The fourth-order valence-corrected chi connectivity index (χ4v) is 2.35. The van der Waals surface area contributed by atoms with E-state index in [1.807, 2.05) is 13.8 Å². The molecule has 2 unspecified atom stereocenters. The fourth-order valence-electron chi connectivity index (χ4n) is 2.18. The summed E-state index contributed by atoms with van der Waals surface area (Å²) in [7, 11) is 0. The van der Waals surface area contributed by atoms with Crippen LogP contribution in [0.15, 0.2) is 18.2 Å². The quantitative estimate of drug-likeness (QED) is 0.786. The summed E-state index contributed by atoms with van der Waals surface area (Å²) in [6.07, 6.45) is -0.0834. The van der Waals surface area contributed by atoms with Crippen LogP contribution in [0.2, 0.25) is 5.02 Å². The minimum atomic E-state index is -0.545. The van der Waals surface area contributed by atoms with Gasteiger partial charge in [0.1, 0.15) is 5.82 Å². The Hall–Kier alpha value is -1.13. The Morgan fingerprint density at radius 2 is 2.00 bits per heavy atom. The average molecular weight is 272 g/mol. The molecular formula is C13H15ClFNO2. The predicted octanol–water partition coefficient (Wildman–Crippen LogP) is 2.73. The number of benzene rings is 1. The highest BCUT2D eigenvalue weighted by atomic mass is 35.5. The van der Waals surface area contributed by atoms with Crippen molar-refractivity contribution in [1.29, 1.82) is 0 Å². The van der Waals surface area contributed by atoms with Gasteiger partial charge in [0.25, 0.3) is 5.91 Å². The third-order valence-corrected chi connectivity index (χ3v) is 3.10. The van der Waals surface area contributed by atoms with Crippen molar-refractivity contribution in [3.63, 3.8) is 0 Å². The molecule has 0 N–H and O–H groups in total. The van der Waals surface area contributed by atoms with Crippen molar-refractivity contribution in [3.05, 3.63) is 34.6 Å². The first-order valence-corrected chi connectivity index (χ1v) is 6.25. The van der Waals surface area contributed by atoms with Crippen molar-refractivity contribution in [1.82, 2.24) is 4.90 Å². The fraction of sp³-hybridized carbons (Fsp3) is 0.462. The van der Waals surface area contributed by atoms with Gasteiger partial charge >= 0.3 is 0 Å². The number of halogens is 2. The topological polar surface area (TPSA) is 29.5 Å². The van der Waals surface area contributed by atoms with Crippen molar-refractivity contribution in [2.24, 2.45) is 0 Å². The number of ether oxygens (including phenoxy) is 1. The second-order valence-electron chi connectivity index (χ2n) is 4.59. The molecule has 98 valence electrons. The van der Waals surface area contributed by atoms with Crippen molar-refractivity contribution < 1.29 is 13.9 Å². The van der Waals surface area contributed by atoms with Gasteiger partial charge in [0.15, 0.2) is 0 Å². The molecule has 1 heterocycles. The Bertz CT molecular complexity index is 456. The molecule has 1 fully saturated rings. The summed E-state index contributed by atoms with van der Waals surface area (Å²) in [5.74, 6) is -0.881. The summed E-state index contributed by atoms with van der Waals surface area (Å²) in [5, 5.41) is 0.356. The molecule has 2 rings (SSSR count). The SMILES string of the molecule is CC1CN(C(=O)c2cc(Cl)ccc2F)CC(C)O1. The number of rotatable bonds is 1. The van der Waals surface area contributed by atoms with E-state index in [2.05, 4.69) is 0 Å². The highest BCUT2D eigenvalue weighted by Gasteiger charge is 2.28. The molecule has 0 aromatic heterocycles. The summed E-state index contributed by atoms with van der Waals surface area (Å²) in [5.41, 5.74) is 0.0174. The van der Waals surface area contributed by atoms with E-state index in [9.17, 15) is 9.18 Å². The van der Waals surface area contributed by atoms with Gasteiger partial charge in [-0.15, -0.1) is 0 Å². The van der Waals surface area contributed by atoms with Crippen LogP contribution < -0.4 is 0 Å². The number of nitrogens with zero attached hydrogens (tertiary/aromatic N) is 1. The molecule has 18 heavy (non-hydrogen) atoms. The molecule has 0 aliphatic carbocycles. The average Bonchev–Trinajstić information content (AvgIpc) is 2.30. The summed E-state index contributed by atoms with van der Waals surface area (Å²) >= 11 is 5.80. The molecule has 1 aromatic carbocycles. The van der Waals surface area contributed by atoms with Gasteiger partial charge in [-0.2, -0.15) is 0 Å². The van der Waals surface area contributed by atoms with E-state index in [-0.39, 0.29) is 23.7 Å². The molecule has 5 heteroatoms. The highest BCUT2D eigenvalue weighted by Crippen LogP contribution is 2.19. The minimum Gasteiger partial charge on any atom is -0.372 e. The molecule has 1 amide bonds. The van der Waals surface area contributed by atoms with Gasteiger partial charge in [0.05, 0.1) is 17.8 Å². The molecule has 1 aromatic rings. The molecule has 1 aliphatic rings. The molecule has 0 radical (unpaired) electrons. The lowest BCUT2D eigenvalue weighted by Crippen LogP contribution is -2.48. The predicted molar refractivity (Wildman–Crippen MR) is 67.3 cm³/mol. The largest absolute Gasteiger partial charge is 0.372 e. The zero-order valence-electron chi connectivity index (χ0n) is 10.3. The number of carbonyl (C=O) groups excluding carboxylic acids is 1. The van der Waals surface area contributed by atoms with Crippen molar-refractivity contribution in [2.75, 3.05) is 13.1 Å². The summed E-state index contributed by atoms with van der Waals surface area (Å²) in [4.78, 5) is 13.8. The molecular weight excluding hydrogens is 257 g/mol. The Morgan fingerprint density at radius 3 is 2.61 bits per heavy atom. The molecule has 0 saturated carbocycles. The Labute approximate surface area is 110 Å². The number of amides is 1. The first kappa shape index (κ1) is 13.3. The van der Waals surface area contributed by atoms with E-state index in [0.29, 0.717) is 18.1 Å². The Morgan fingerprint density at radius 1 is 1.39 bits per heavy atom. The van der Waals surface area contributed by atoms with Crippen LogP contribution >= 0.6 is 11.6 Å². The van der Waals surface area contributed by atoms with Gasteiger partial charge in [-0.25, -0.2) is 4.39 Å². The number of morpholine rings is 1. The number of hydrogen-bond donors (Lipinski definition) is 0. The maximum absolute atomic E-state index is 13.6. The van der Waals surface area contributed by atoms with Crippen LogP contribution in [-0.4, -0.2) is 36.1 Å². The second kappa shape index (κ2) is 5.24. The lowest BCUT2D eigenvalue weighted by atomic mass is 10.1. The summed E-state index contributed by atoms with van der Waals surface area (Å²) < 4.78 is 19.2. The van der Waals surface area contributed by atoms with Gasteiger partial charge < -0.3 is 9.64 Å². The van der Waals surface area contributed by atoms with Crippen LogP contribution in [0.3, 0.4) is 0 Å². The Kier molecular flexibility index (Phi) is 3.88. The van der Waals surface area contributed by atoms with E-state index in [1.165, 1.54) is 18.2 Å². The maximum Gasteiger partial charge on any atom is 0.257 e. The molecule has 0 bridgehead atoms. The van der Waals surface area contributed by atoms with E-state index in [1.54, 1.807) is 4.90 Å². The van der Waals surface area contributed by atoms with Crippen molar-refractivity contribution >= 4 is 17.5 Å². The van der Waals surface area contributed by atoms with E-state index < -0.39 is 5.82 Å². The summed E-state index contributed by atoms with van der Waals surface area (Å²) in [6, 6.07) is 4.01. The number of hydrogen-bond acceptors (Lipinski definition) is 2. The van der Waals surface area contributed by atoms with Crippen LogP contribution in [0.5, 0.6) is 0 Å². The first-order valence-electron chi connectivity index (χ1n) is 5.87. The van der Waals surface area contributed by atoms with Gasteiger partial charge in [-0.3, -0.25) is 4.79 Å². The van der Waals surface area contributed by atoms with Crippen LogP contribution in [-0.2, 0) is 4.74 Å². The Balaban J connectivity index is 2.22. The smallest absolute Gasteiger partial charge is 0.257 e. The van der Waals surface area contributed by atoms with Crippen molar-refractivity contribution in [2.45, 2.75) is 26.1 Å². The normalized spacial score (nSPS) is 24.1. The molecule has 3 nitrogen and oxygen atoms in total. The van der Waals surface area contributed by atoms with Crippen LogP contribution in [0.4, 0.5) is 4.39 Å². The maximum atomic E-state index is 13.6. The third-order valence-electron chi connectivity index (χ3n) is 2.87. The zero-order valence-corrected chi connectivity index (χ0v) is 11.1. The second-order valence-corrected chi connectivity index (χ2v) is 5.03. The molecule has 0 spiro atoms. The molecule has 1 aliphatic heterocycles. The molecule has 1 saturated heterocycles. The summed E-state index contributed by atoms with van der Waals surface area (Å²) in [6.45, 7) is 4.72. The molecule has 2 atom stereocenters. The van der Waals surface area contributed by atoms with Crippen LogP contribution in [0, 0.1) is 5.82 Å². The number of carbonyl (C=O) groups is 1. The minimum absolute atomic E-state index is 0.0174. The first-order chi connectivity index (χ1) is 8.47. The monoisotopic (exact) mass is 271 g/mol. The zero-order chi connectivity index (χ0) is 13.3. The van der Waals surface area contributed by atoms with E-state index in [4.69, 9.17) is 16.3 Å². The lowest BCUT2D eigenvalue weighted by molar-refractivity contribution is -0.0587. The van der Waals surface area contributed by atoms with Gasteiger partial charge in [-0.1, -0.05) is 11.6 Å². The highest BCUT2D eigenvalue weighted by molar-refractivity contribution is 6.31. The van der Waals surface area contributed by atoms with Gasteiger partial charge in [0, 0.05) is 18.1 Å². The standard InChI is InChI=1S/C13H15ClFNO2/c1-8-6-16(7-9(2)18-8)13(17)11-5-10(14)3-4-12(11)15/h3-5,8-9H,6-7H2,1-2H3. The van der Waals surface area contributed by atoms with Crippen LogP contribution in [0.1, 0.15) is 24.2 Å². The van der Waals surface area contributed by atoms with Crippen molar-refractivity contribution in [3.8, 4) is 0 Å².